The van der Waals surface area contributed by atoms with E-state index in [0.717, 1.165) is 10.2 Å². The molecule has 0 radical (unpaired) electrons. The molecule has 0 bridgehead atoms. The number of sulfone groups is 1. The van der Waals surface area contributed by atoms with E-state index < -0.39 is 15.7 Å². The number of benzene rings is 2. The molecule has 0 atom stereocenters. The first-order valence-corrected chi connectivity index (χ1v) is 12.2. The number of aromatic nitrogens is 1. The molecule has 8 heteroatoms. The fourth-order valence-electron chi connectivity index (χ4n) is 3.06. The Morgan fingerprint density at radius 2 is 1.94 bits per heavy atom. The van der Waals surface area contributed by atoms with Crippen molar-refractivity contribution in [3.63, 3.8) is 0 Å². The van der Waals surface area contributed by atoms with Gasteiger partial charge >= 0.3 is 0 Å². The summed E-state index contributed by atoms with van der Waals surface area (Å²) in [5, 5.41) is 0. The van der Waals surface area contributed by atoms with E-state index in [9.17, 15) is 13.2 Å². The van der Waals surface area contributed by atoms with Crippen molar-refractivity contribution in [1.29, 1.82) is 0 Å². The van der Waals surface area contributed by atoms with Gasteiger partial charge in [0.15, 0.2) is 14.6 Å². The summed E-state index contributed by atoms with van der Waals surface area (Å²) in [7, 11) is -2.10. The lowest BCUT2D eigenvalue weighted by Gasteiger charge is -2.05. The average molecular weight is 457 g/mol. The lowest BCUT2D eigenvalue weighted by atomic mass is 10.0. The number of amides is 1. The number of carbonyl (C=O) groups is 1. The Balaban J connectivity index is 1.85. The zero-order valence-corrected chi connectivity index (χ0v) is 19.3. The van der Waals surface area contributed by atoms with Crippen LogP contribution in [-0.4, -0.2) is 31.8 Å². The van der Waals surface area contributed by atoms with Gasteiger partial charge in [0.1, 0.15) is 5.75 Å². The highest BCUT2D eigenvalue weighted by Gasteiger charge is 2.17. The molecule has 0 spiro atoms. The normalized spacial score (nSPS) is 12.3. The van der Waals surface area contributed by atoms with Crippen LogP contribution in [0.15, 0.2) is 52.4 Å². The number of hydrogen-bond donors (Lipinski definition) is 0. The minimum Gasteiger partial charge on any atom is -0.497 e. The van der Waals surface area contributed by atoms with E-state index in [-0.39, 0.29) is 23.6 Å². The van der Waals surface area contributed by atoms with E-state index >= 15 is 0 Å². The number of carbonyl (C=O) groups excluding carboxylic acids is 1. The van der Waals surface area contributed by atoms with Crippen molar-refractivity contribution >= 4 is 37.3 Å². The quantitative estimate of drug-likeness (QED) is 0.507. The molecule has 162 valence electrons. The molecule has 2 aromatic carbocycles. The van der Waals surface area contributed by atoms with Gasteiger partial charge in [-0.05, 0) is 47.9 Å². The van der Waals surface area contributed by atoms with Gasteiger partial charge in [-0.15, -0.1) is 6.42 Å². The summed E-state index contributed by atoms with van der Waals surface area (Å²) < 4.78 is 32.9. The largest absolute Gasteiger partial charge is 0.497 e. The van der Waals surface area contributed by atoms with Crippen molar-refractivity contribution in [2.24, 2.45) is 4.99 Å². The highest BCUT2D eigenvalue weighted by Crippen LogP contribution is 2.23. The van der Waals surface area contributed by atoms with Crippen LogP contribution in [0.5, 0.6) is 5.75 Å². The fourth-order valence-corrected chi connectivity index (χ4v) is 5.39. The Morgan fingerprint density at radius 1 is 1.23 bits per heavy atom. The topological polar surface area (TPSA) is 77.7 Å². The van der Waals surface area contributed by atoms with Crippen LogP contribution in [0.3, 0.4) is 0 Å². The molecule has 1 aromatic heterocycles. The first kappa shape index (κ1) is 22.8. The van der Waals surface area contributed by atoms with Crippen LogP contribution in [-0.2, 0) is 21.2 Å². The van der Waals surface area contributed by atoms with Crippen molar-refractivity contribution in [1.82, 2.24) is 4.57 Å². The number of rotatable bonds is 7. The standard InChI is InChI=1S/C23H24N2O4S2/c1-5-13-25-20-11-6-17(16(2)3)15-21(20)30-23(25)24-22(26)12-14-31(27,28)19-9-7-18(29-4)8-10-19/h1,6-11,15-16H,12-14H2,2-4H3. The third-order valence-electron chi connectivity index (χ3n) is 4.85. The monoisotopic (exact) mass is 456 g/mol. The maximum atomic E-state index is 12.5. The highest BCUT2D eigenvalue weighted by molar-refractivity contribution is 7.91. The van der Waals surface area contributed by atoms with Crippen molar-refractivity contribution < 1.29 is 17.9 Å². The fraction of sp³-hybridized carbons (Fsp3) is 0.304. The summed E-state index contributed by atoms with van der Waals surface area (Å²) in [6, 6.07) is 12.2. The van der Waals surface area contributed by atoms with Crippen LogP contribution in [0.1, 0.15) is 31.7 Å². The van der Waals surface area contributed by atoms with Crippen molar-refractivity contribution in [3.8, 4) is 18.1 Å². The van der Waals surface area contributed by atoms with Crippen molar-refractivity contribution in [2.75, 3.05) is 12.9 Å². The molecule has 3 aromatic rings. The van der Waals surface area contributed by atoms with Gasteiger partial charge < -0.3 is 9.30 Å². The molecule has 0 aliphatic heterocycles. The zero-order chi connectivity index (χ0) is 22.6. The molecule has 0 unspecified atom stereocenters. The average Bonchev–Trinajstić information content (AvgIpc) is 3.09. The van der Waals surface area contributed by atoms with Gasteiger partial charge in [0.25, 0.3) is 0 Å². The number of methoxy groups -OCH3 is 1. The van der Waals surface area contributed by atoms with E-state index in [1.807, 2.05) is 12.1 Å². The van der Waals surface area contributed by atoms with E-state index in [4.69, 9.17) is 11.2 Å². The molecule has 0 N–H and O–H groups in total. The molecular weight excluding hydrogens is 432 g/mol. The van der Waals surface area contributed by atoms with Crippen LogP contribution in [0.4, 0.5) is 0 Å². The van der Waals surface area contributed by atoms with E-state index in [1.165, 1.54) is 36.1 Å². The number of hydrogen-bond acceptors (Lipinski definition) is 5. The van der Waals surface area contributed by atoms with Crippen LogP contribution < -0.4 is 9.54 Å². The van der Waals surface area contributed by atoms with Crippen LogP contribution in [0.2, 0.25) is 0 Å². The molecule has 6 nitrogen and oxygen atoms in total. The minimum absolute atomic E-state index is 0.145. The second-order valence-electron chi connectivity index (χ2n) is 7.31. The molecule has 0 saturated heterocycles. The van der Waals surface area contributed by atoms with Gasteiger partial charge in [-0.25, -0.2) is 8.42 Å². The first-order valence-electron chi connectivity index (χ1n) is 9.76. The Bertz CT molecular complexity index is 1310. The minimum atomic E-state index is -3.60. The zero-order valence-electron chi connectivity index (χ0n) is 17.7. The number of fused-ring (bicyclic) bond motifs is 1. The molecule has 1 heterocycles. The summed E-state index contributed by atoms with van der Waals surface area (Å²) in [5.41, 5.74) is 2.09. The van der Waals surface area contributed by atoms with Gasteiger partial charge in [-0.1, -0.05) is 37.2 Å². The van der Waals surface area contributed by atoms with Gasteiger partial charge in [0.2, 0.25) is 5.91 Å². The number of terminal acetylenes is 1. The Hall–Kier alpha value is -2.89. The number of thiazole rings is 1. The number of ether oxygens (including phenoxy) is 1. The maximum absolute atomic E-state index is 12.5. The summed E-state index contributed by atoms with van der Waals surface area (Å²) in [5.74, 6) is 2.71. The van der Waals surface area contributed by atoms with Crippen molar-refractivity contribution in [3.05, 3.63) is 52.8 Å². The Kier molecular flexibility index (Phi) is 6.98. The molecule has 0 saturated carbocycles. The van der Waals surface area contributed by atoms with Gasteiger partial charge in [0, 0.05) is 6.42 Å². The second-order valence-corrected chi connectivity index (χ2v) is 10.4. The van der Waals surface area contributed by atoms with E-state index in [2.05, 4.69) is 30.8 Å². The summed E-state index contributed by atoms with van der Waals surface area (Å²) in [6.07, 6.45) is 5.30. The summed E-state index contributed by atoms with van der Waals surface area (Å²) in [6.45, 7) is 4.50. The third-order valence-corrected chi connectivity index (χ3v) is 7.62. The molecule has 3 rings (SSSR count). The van der Waals surface area contributed by atoms with Gasteiger partial charge in [0.05, 0.1) is 34.5 Å². The predicted octanol–water partition coefficient (Wildman–Crippen LogP) is 3.76. The predicted molar refractivity (Wildman–Crippen MR) is 123 cm³/mol. The molecule has 1 amide bonds. The van der Waals surface area contributed by atoms with Crippen LogP contribution in [0.25, 0.3) is 10.2 Å². The van der Waals surface area contributed by atoms with Crippen LogP contribution in [0, 0.1) is 12.3 Å². The van der Waals surface area contributed by atoms with Crippen LogP contribution >= 0.6 is 11.3 Å². The maximum Gasteiger partial charge on any atom is 0.249 e. The van der Waals surface area contributed by atoms with Gasteiger partial charge in [-0.3, -0.25) is 4.79 Å². The summed E-state index contributed by atoms with van der Waals surface area (Å²) >= 11 is 1.37. The van der Waals surface area contributed by atoms with E-state index in [1.54, 1.807) is 16.7 Å². The molecular formula is C23H24N2O4S2. The second kappa shape index (κ2) is 9.50. The molecule has 0 fully saturated rings. The molecule has 31 heavy (non-hydrogen) atoms. The lowest BCUT2D eigenvalue weighted by Crippen LogP contribution is -2.18. The lowest BCUT2D eigenvalue weighted by molar-refractivity contribution is -0.117. The first-order chi connectivity index (χ1) is 14.7. The molecule has 0 aliphatic carbocycles. The number of nitrogens with zero attached hydrogens (tertiary/aromatic N) is 2. The SMILES string of the molecule is C#CCn1c(=NC(=O)CCS(=O)(=O)c2ccc(OC)cc2)sc2cc(C(C)C)ccc21. The van der Waals surface area contributed by atoms with Crippen molar-refractivity contribution in [2.45, 2.75) is 37.6 Å². The van der Waals surface area contributed by atoms with E-state index in [0.29, 0.717) is 16.5 Å². The summed E-state index contributed by atoms with van der Waals surface area (Å²) in [4.78, 5) is 17.3. The Labute approximate surface area is 186 Å². The Morgan fingerprint density at radius 3 is 2.55 bits per heavy atom. The highest BCUT2D eigenvalue weighted by atomic mass is 32.2. The molecule has 0 aliphatic rings. The third kappa shape index (κ3) is 5.24. The smallest absolute Gasteiger partial charge is 0.249 e. The van der Waals surface area contributed by atoms with Gasteiger partial charge in [-0.2, -0.15) is 4.99 Å².